The van der Waals surface area contributed by atoms with Gasteiger partial charge in [0.25, 0.3) is 0 Å². The van der Waals surface area contributed by atoms with Crippen LogP contribution in [0, 0.1) is 0 Å². The fraction of sp³-hybridized carbons (Fsp3) is 0.364. The highest BCUT2D eigenvalue weighted by atomic mass is 35.5. The average Bonchev–Trinajstić information content (AvgIpc) is 2.17. The molecule has 0 amide bonds. The topological polar surface area (TPSA) is 69.6 Å². The van der Waals surface area contributed by atoms with E-state index in [1.54, 1.807) is 12.1 Å². The maximum absolute atomic E-state index is 11.0. The quantitative estimate of drug-likeness (QED) is 0.757. The maximum atomic E-state index is 11.0. The number of benzene rings is 1. The molecule has 0 aromatic heterocycles. The second kappa shape index (κ2) is 4.31. The lowest BCUT2D eigenvalue weighted by molar-refractivity contribution is 0.0697. The summed E-state index contributed by atoms with van der Waals surface area (Å²) >= 11 is 5.74. The summed E-state index contributed by atoms with van der Waals surface area (Å²) in [4.78, 5) is 11.0. The fourth-order valence-corrected chi connectivity index (χ4v) is 1.92. The Bertz CT molecular complexity index is 416. The fourth-order valence-electron chi connectivity index (χ4n) is 1.74. The van der Waals surface area contributed by atoms with Gasteiger partial charge < -0.3 is 15.5 Å². The molecule has 5 heteroatoms. The van der Waals surface area contributed by atoms with E-state index in [4.69, 9.17) is 21.8 Å². The summed E-state index contributed by atoms with van der Waals surface area (Å²) in [6.45, 7) is 0. The molecule has 1 aromatic carbocycles. The van der Waals surface area contributed by atoms with Crippen molar-refractivity contribution >= 4 is 23.3 Å². The molecule has 0 heterocycles. The van der Waals surface area contributed by atoms with Crippen LogP contribution in [0.3, 0.4) is 0 Å². The van der Waals surface area contributed by atoms with E-state index >= 15 is 0 Å². The monoisotopic (exact) mass is 241 g/mol. The molecule has 1 saturated carbocycles. The molecule has 16 heavy (non-hydrogen) atoms. The summed E-state index contributed by atoms with van der Waals surface area (Å²) in [5, 5.41) is 21.6. The molecule has 0 aliphatic heterocycles. The average molecular weight is 242 g/mol. The molecule has 4 nitrogen and oxygen atoms in total. The highest BCUT2D eigenvalue weighted by Gasteiger charge is 2.27. The van der Waals surface area contributed by atoms with Crippen LogP contribution in [0.25, 0.3) is 0 Å². The molecular formula is C11H12ClNO3. The minimum atomic E-state index is -1.01. The molecule has 1 aliphatic rings. The van der Waals surface area contributed by atoms with Gasteiger partial charge in [-0.1, -0.05) is 11.6 Å². The van der Waals surface area contributed by atoms with Crippen molar-refractivity contribution < 1.29 is 15.0 Å². The lowest BCUT2D eigenvalue weighted by Gasteiger charge is -2.33. The van der Waals surface area contributed by atoms with Crippen LogP contribution < -0.4 is 5.32 Å². The standard InChI is InChI=1S/C11H12ClNO3/c12-6-1-2-10(9(3-6)11(15)16)13-7-4-8(14)5-7/h1-3,7-8,13-14H,4-5H2,(H,15,16). The zero-order chi connectivity index (χ0) is 11.7. The summed E-state index contributed by atoms with van der Waals surface area (Å²) < 4.78 is 0. The van der Waals surface area contributed by atoms with Gasteiger partial charge in [-0.25, -0.2) is 4.79 Å². The molecule has 0 spiro atoms. The number of halogens is 1. The van der Waals surface area contributed by atoms with Crippen LogP contribution in [0.15, 0.2) is 18.2 Å². The second-order valence-corrected chi connectivity index (χ2v) is 4.40. The van der Waals surface area contributed by atoms with Gasteiger partial charge in [-0.3, -0.25) is 0 Å². The summed E-state index contributed by atoms with van der Waals surface area (Å²) in [5.41, 5.74) is 0.711. The smallest absolute Gasteiger partial charge is 0.337 e. The van der Waals surface area contributed by atoms with E-state index < -0.39 is 5.97 Å². The number of hydrogen-bond acceptors (Lipinski definition) is 3. The van der Waals surface area contributed by atoms with E-state index in [2.05, 4.69) is 5.32 Å². The van der Waals surface area contributed by atoms with Crippen molar-refractivity contribution in [2.24, 2.45) is 0 Å². The molecule has 0 saturated heterocycles. The van der Waals surface area contributed by atoms with Gasteiger partial charge in [0.1, 0.15) is 0 Å². The van der Waals surface area contributed by atoms with E-state index in [1.165, 1.54) is 6.07 Å². The number of aliphatic hydroxyl groups is 1. The number of carboxylic acids is 1. The van der Waals surface area contributed by atoms with Crippen LogP contribution in [-0.4, -0.2) is 28.3 Å². The Balaban J connectivity index is 2.16. The van der Waals surface area contributed by atoms with Gasteiger partial charge in [0.05, 0.1) is 11.7 Å². The van der Waals surface area contributed by atoms with Gasteiger partial charge in [-0.2, -0.15) is 0 Å². The first-order valence-corrected chi connectivity index (χ1v) is 5.41. The maximum Gasteiger partial charge on any atom is 0.337 e. The number of carbonyl (C=O) groups is 1. The summed E-state index contributed by atoms with van der Waals surface area (Å²) in [6, 6.07) is 4.86. The third-order valence-electron chi connectivity index (χ3n) is 2.68. The number of nitrogens with one attached hydrogen (secondary N) is 1. The van der Waals surface area contributed by atoms with Gasteiger partial charge in [0.15, 0.2) is 0 Å². The molecule has 0 atom stereocenters. The van der Waals surface area contributed by atoms with Gasteiger partial charge in [0.2, 0.25) is 0 Å². The minimum absolute atomic E-state index is 0.147. The van der Waals surface area contributed by atoms with E-state index in [9.17, 15) is 4.79 Å². The Kier molecular flexibility index (Phi) is 3.03. The number of hydrogen-bond donors (Lipinski definition) is 3. The van der Waals surface area contributed by atoms with Crippen LogP contribution in [-0.2, 0) is 0 Å². The van der Waals surface area contributed by atoms with Crippen molar-refractivity contribution in [1.82, 2.24) is 0 Å². The Morgan fingerprint density at radius 1 is 1.44 bits per heavy atom. The Hall–Kier alpha value is -1.26. The molecule has 2 rings (SSSR count). The predicted molar refractivity (Wildman–Crippen MR) is 61.1 cm³/mol. The van der Waals surface area contributed by atoms with E-state index in [-0.39, 0.29) is 17.7 Å². The highest BCUT2D eigenvalue weighted by molar-refractivity contribution is 6.31. The largest absolute Gasteiger partial charge is 0.478 e. The molecule has 1 fully saturated rings. The SMILES string of the molecule is O=C(O)c1cc(Cl)ccc1NC1CC(O)C1. The molecule has 0 radical (unpaired) electrons. The van der Waals surface area contributed by atoms with Crippen LogP contribution in [0.4, 0.5) is 5.69 Å². The van der Waals surface area contributed by atoms with E-state index in [0.29, 0.717) is 23.6 Å². The zero-order valence-electron chi connectivity index (χ0n) is 8.48. The van der Waals surface area contributed by atoms with Crippen molar-refractivity contribution in [3.63, 3.8) is 0 Å². The third-order valence-corrected chi connectivity index (χ3v) is 2.92. The molecule has 0 unspecified atom stereocenters. The molecule has 3 N–H and O–H groups in total. The van der Waals surface area contributed by atoms with E-state index in [1.807, 2.05) is 0 Å². The molecule has 1 aliphatic carbocycles. The van der Waals surface area contributed by atoms with Crippen LogP contribution in [0.5, 0.6) is 0 Å². The summed E-state index contributed by atoms with van der Waals surface area (Å²) in [7, 11) is 0. The molecule has 1 aromatic rings. The van der Waals surface area contributed by atoms with Gasteiger partial charge in [-0.15, -0.1) is 0 Å². The van der Waals surface area contributed by atoms with Crippen molar-refractivity contribution in [2.75, 3.05) is 5.32 Å². The number of aliphatic hydroxyl groups excluding tert-OH is 1. The Morgan fingerprint density at radius 2 is 2.12 bits per heavy atom. The van der Waals surface area contributed by atoms with Gasteiger partial charge in [-0.05, 0) is 31.0 Å². The first-order valence-electron chi connectivity index (χ1n) is 5.03. The van der Waals surface area contributed by atoms with E-state index in [0.717, 1.165) is 0 Å². The summed E-state index contributed by atoms with van der Waals surface area (Å²) in [5.74, 6) is -1.01. The Labute approximate surface area is 97.9 Å². The first-order chi connectivity index (χ1) is 7.56. The highest BCUT2D eigenvalue weighted by Crippen LogP contribution is 2.27. The first kappa shape index (κ1) is 11.2. The van der Waals surface area contributed by atoms with Crippen molar-refractivity contribution in [1.29, 1.82) is 0 Å². The number of anilines is 1. The summed E-state index contributed by atoms with van der Waals surface area (Å²) in [6.07, 6.45) is 1.04. The van der Waals surface area contributed by atoms with Crippen LogP contribution >= 0.6 is 11.6 Å². The van der Waals surface area contributed by atoms with Crippen molar-refractivity contribution in [3.8, 4) is 0 Å². The second-order valence-electron chi connectivity index (χ2n) is 3.96. The minimum Gasteiger partial charge on any atom is -0.478 e. The molecule has 86 valence electrons. The predicted octanol–water partition coefficient (Wildman–Crippen LogP) is 1.97. The number of rotatable bonds is 3. The normalized spacial score (nSPS) is 23.6. The Morgan fingerprint density at radius 3 is 2.69 bits per heavy atom. The van der Waals surface area contributed by atoms with Gasteiger partial charge in [0, 0.05) is 16.8 Å². The molecular weight excluding hydrogens is 230 g/mol. The lowest BCUT2D eigenvalue weighted by Crippen LogP contribution is -2.39. The van der Waals surface area contributed by atoms with Crippen LogP contribution in [0.1, 0.15) is 23.2 Å². The van der Waals surface area contributed by atoms with Crippen LogP contribution in [0.2, 0.25) is 5.02 Å². The molecule has 0 bridgehead atoms. The third kappa shape index (κ3) is 2.28. The number of aromatic carboxylic acids is 1. The van der Waals surface area contributed by atoms with Crippen molar-refractivity contribution in [3.05, 3.63) is 28.8 Å². The lowest BCUT2D eigenvalue weighted by atomic mass is 9.89. The number of carboxylic acid groups (broad SMARTS) is 1. The van der Waals surface area contributed by atoms with Crippen molar-refractivity contribution in [2.45, 2.75) is 25.0 Å². The van der Waals surface area contributed by atoms with Gasteiger partial charge >= 0.3 is 5.97 Å². The zero-order valence-corrected chi connectivity index (χ0v) is 9.24.